The molecule has 2 unspecified atom stereocenters. The van der Waals surface area contributed by atoms with Crippen molar-refractivity contribution < 1.29 is 9.84 Å². The van der Waals surface area contributed by atoms with E-state index < -0.39 is 6.10 Å². The van der Waals surface area contributed by atoms with Gasteiger partial charge < -0.3 is 20.5 Å². The van der Waals surface area contributed by atoms with Gasteiger partial charge in [0.15, 0.2) is 0 Å². The van der Waals surface area contributed by atoms with Crippen LogP contribution in [0.25, 0.3) is 0 Å². The predicted molar refractivity (Wildman–Crippen MR) is 58.4 cm³/mol. The number of rotatable bonds is 9. The average molecular weight is 215 g/mol. The largest absolute Gasteiger partial charge is 0.391 e. The van der Waals surface area contributed by atoms with Gasteiger partial charge in [0.2, 0.25) is 0 Å². The van der Waals surface area contributed by atoms with Crippen LogP contribution in [0, 0.1) is 17.2 Å². The summed E-state index contributed by atoms with van der Waals surface area (Å²) in [6.07, 6.45) is 0.221. The van der Waals surface area contributed by atoms with E-state index >= 15 is 0 Å². The number of methoxy groups -OCH3 is 1. The summed E-state index contributed by atoms with van der Waals surface area (Å²) in [5.41, 5.74) is 0. The molecule has 0 fully saturated rings. The second-order valence-corrected chi connectivity index (χ2v) is 3.49. The molecule has 0 spiro atoms. The first kappa shape index (κ1) is 14.3. The SMILES string of the molecule is CNCC(C#N)CNCCC(O)COC. The summed E-state index contributed by atoms with van der Waals surface area (Å²) in [4.78, 5) is 0. The van der Waals surface area contributed by atoms with Crippen LogP contribution < -0.4 is 10.6 Å². The van der Waals surface area contributed by atoms with E-state index in [1.807, 2.05) is 7.05 Å². The zero-order chi connectivity index (χ0) is 11.5. The molecule has 5 nitrogen and oxygen atoms in total. The summed E-state index contributed by atoms with van der Waals surface area (Å²) >= 11 is 0. The standard InChI is InChI=1S/C10H21N3O2/c1-12-6-9(5-11)7-13-4-3-10(14)8-15-2/h9-10,12-14H,3-4,6-8H2,1-2H3. The van der Waals surface area contributed by atoms with Gasteiger partial charge >= 0.3 is 0 Å². The minimum atomic E-state index is -0.424. The van der Waals surface area contributed by atoms with Gasteiger partial charge in [-0.25, -0.2) is 0 Å². The number of ether oxygens (including phenoxy) is 1. The van der Waals surface area contributed by atoms with Gasteiger partial charge in [0.25, 0.3) is 0 Å². The number of aliphatic hydroxyl groups is 1. The summed E-state index contributed by atoms with van der Waals surface area (Å²) in [6, 6.07) is 2.20. The molecule has 0 saturated heterocycles. The number of hydrogen-bond acceptors (Lipinski definition) is 5. The van der Waals surface area contributed by atoms with Crippen molar-refractivity contribution in [3.63, 3.8) is 0 Å². The van der Waals surface area contributed by atoms with Crippen molar-refractivity contribution in [2.45, 2.75) is 12.5 Å². The highest BCUT2D eigenvalue weighted by Crippen LogP contribution is 1.92. The Bertz CT molecular complexity index is 182. The van der Waals surface area contributed by atoms with Crippen LogP contribution >= 0.6 is 0 Å². The zero-order valence-electron chi connectivity index (χ0n) is 9.49. The quantitative estimate of drug-likeness (QED) is 0.445. The van der Waals surface area contributed by atoms with Gasteiger partial charge in [-0.1, -0.05) is 0 Å². The van der Waals surface area contributed by atoms with E-state index in [0.717, 1.165) is 0 Å². The maximum absolute atomic E-state index is 9.33. The predicted octanol–water partition coefficient (Wildman–Crippen LogP) is -0.667. The second-order valence-electron chi connectivity index (χ2n) is 3.49. The van der Waals surface area contributed by atoms with Gasteiger partial charge in [0.05, 0.1) is 24.7 Å². The lowest BCUT2D eigenvalue weighted by molar-refractivity contribution is 0.0594. The molecule has 0 bridgehead atoms. The lowest BCUT2D eigenvalue weighted by Crippen LogP contribution is -2.31. The Morgan fingerprint density at radius 2 is 2.20 bits per heavy atom. The fourth-order valence-electron chi connectivity index (χ4n) is 1.23. The normalized spacial score (nSPS) is 14.5. The van der Waals surface area contributed by atoms with E-state index in [1.165, 1.54) is 0 Å². The Balaban J connectivity index is 3.40. The lowest BCUT2D eigenvalue weighted by atomic mass is 10.1. The van der Waals surface area contributed by atoms with Crippen molar-refractivity contribution in [1.29, 1.82) is 5.26 Å². The topological polar surface area (TPSA) is 77.3 Å². The molecule has 0 aromatic heterocycles. The van der Waals surface area contributed by atoms with Crippen LogP contribution in [0.5, 0.6) is 0 Å². The Morgan fingerprint density at radius 1 is 1.47 bits per heavy atom. The number of nitriles is 1. The molecule has 15 heavy (non-hydrogen) atoms. The lowest BCUT2D eigenvalue weighted by Gasteiger charge is -2.12. The van der Waals surface area contributed by atoms with Crippen LogP contribution in [-0.4, -0.2) is 51.6 Å². The Hall–Kier alpha value is -0.670. The van der Waals surface area contributed by atoms with E-state index in [4.69, 9.17) is 10.00 Å². The highest BCUT2D eigenvalue weighted by Gasteiger charge is 2.06. The van der Waals surface area contributed by atoms with Crippen LogP contribution in [0.4, 0.5) is 0 Å². The molecule has 2 atom stereocenters. The highest BCUT2D eigenvalue weighted by atomic mass is 16.5. The first-order valence-corrected chi connectivity index (χ1v) is 5.16. The number of hydrogen-bond donors (Lipinski definition) is 3. The maximum atomic E-state index is 9.33. The van der Waals surface area contributed by atoms with E-state index in [-0.39, 0.29) is 5.92 Å². The Labute approximate surface area is 91.4 Å². The van der Waals surface area contributed by atoms with E-state index in [9.17, 15) is 5.11 Å². The summed E-state index contributed by atoms with van der Waals surface area (Å²) in [7, 11) is 3.39. The molecule has 0 aliphatic rings. The molecular weight excluding hydrogens is 194 g/mol. The van der Waals surface area contributed by atoms with E-state index in [1.54, 1.807) is 7.11 Å². The van der Waals surface area contributed by atoms with Crippen molar-refractivity contribution >= 4 is 0 Å². The first-order valence-electron chi connectivity index (χ1n) is 5.16. The van der Waals surface area contributed by atoms with Crippen LogP contribution in [0.3, 0.4) is 0 Å². The zero-order valence-corrected chi connectivity index (χ0v) is 9.49. The monoisotopic (exact) mass is 215 g/mol. The minimum absolute atomic E-state index is 0.0189. The second kappa shape index (κ2) is 9.87. The Kier molecular flexibility index (Phi) is 9.43. The molecule has 3 N–H and O–H groups in total. The molecule has 0 heterocycles. The first-order chi connectivity index (χ1) is 7.24. The van der Waals surface area contributed by atoms with Crippen molar-refractivity contribution in [3.8, 4) is 6.07 Å². The fraction of sp³-hybridized carbons (Fsp3) is 0.900. The smallest absolute Gasteiger partial charge is 0.0785 e. The van der Waals surface area contributed by atoms with Crippen molar-refractivity contribution in [3.05, 3.63) is 0 Å². The third-order valence-corrected chi connectivity index (χ3v) is 2.04. The molecule has 0 aromatic rings. The van der Waals surface area contributed by atoms with Crippen LogP contribution in [-0.2, 0) is 4.74 Å². The van der Waals surface area contributed by atoms with Crippen LogP contribution in [0.1, 0.15) is 6.42 Å². The number of nitrogens with one attached hydrogen (secondary N) is 2. The summed E-state index contributed by atoms with van der Waals surface area (Å²) < 4.78 is 4.80. The van der Waals surface area contributed by atoms with Crippen molar-refractivity contribution in [2.24, 2.45) is 5.92 Å². The highest BCUT2D eigenvalue weighted by molar-refractivity contribution is 4.85. The number of nitrogens with zero attached hydrogens (tertiary/aromatic N) is 1. The third-order valence-electron chi connectivity index (χ3n) is 2.04. The molecule has 0 amide bonds. The molecule has 0 aromatic carbocycles. The van der Waals surface area contributed by atoms with Gasteiger partial charge in [-0.3, -0.25) is 0 Å². The summed E-state index contributed by atoms with van der Waals surface area (Å²) in [5.74, 6) is -0.0189. The third kappa shape index (κ3) is 8.33. The van der Waals surface area contributed by atoms with Gasteiger partial charge in [-0.2, -0.15) is 5.26 Å². The van der Waals surface area contributed by atoms with Gasteiger partial charge in [-0.15, -0.1) is 0 Å². The Morgan fingerprint density at radius 3 is 2.73 bits per heavy atom. The van der Waals surface area contributed by atoms with Crippen LogP contribution in [0.15, 0.2) is 0 Å². The van der Waals surface area contributed by atoms with Crippen LogP contribution in [0.2, 0.25) is 0 Å². The molecule has 0 radical (unpaired) electrons. The summed E-state index contributed by atoms with van der Waals surface area (Å²) in [5, 5.41) is 24.2. The molecule has 0 aliphatic carbocycles. The molecular formula is C10H21N3O2. The molecule has 0 rings (SSSR count). The van der Waals surface area contributed by atoms with Gasteiger partial charge in [0, 0.05) is 20.2 Å². The minimum Gasteiger partial charge on any atom is -0.391 e. The number of aliphatic hydroxyl groups excluding tert-OH is 1. The van der Waals surface area contributed by atoms with Crippen molar-refractivity contribution in [1.82, 2.24) is 10.6 Å². The van der Waals surface area contributed by atoms with E-state index in [0.29, 0.717) is 32.7 Å². The molecule has 88 valence electrons. The van der Waals surface area contributed by atoms with E-state index in [2.05, 4.69) is 16.7 Å². The summed E-state index contributed by atoms with van der Waals surface area (Å²) in [6.45, 7) is 2.40. The van der Waals surface area contributed by atoms with Gasteiger partial charge in [-0.05, 0) is 20.0 Å². The fourth-order valence-corrected chi connectivity index (χ4v) is 1.23. The molecule has 0 saturated carbocycles. The maximum Gasteiger partial charge on any atom is 0.0785 e. The average Bonchev–Trinajstić information content (AvgIpc) is 2.23. The molecule has 5 heteroatoms. The molecule has 0 aliphatic heterocycles. The van der Waals surface area contributed by atoms with Gasteiger partial charge in [0.1, 0.15) is 0 Å². The van der Waals surface area contributed by atoms with Crippen molar-refractivity contribution in [2.75, 3.05) is 40.4 Å².